The first-order valence-corrected chi connectivity index (χ1v) is 11.8. The fourth-order valence-corrected chi connectivity index (χ4v) is 4.95. The number of fused-ring (bicyclic) bond motifs is 1. The minimum atomic E-state index is -1.83. The maximum Gasteiger partial charge on any atom is 0.337 e. The molecule has 33 heavy (non-hydrogen) atoms. The molecule has 0 saturated heterocycles. The molecule has 4 rings (SSSR count). The second-order valence-electron chi connectivity index (χ2n) is 10.1. The Balaban J connectivity index is 2.01. The molecule has 1 heterocycles. The van der Waals surface area contributed by atoms with Crippen LogP contribution < -0.4 is 0 Å². The number of rotatable bonds is 4. The maximum absolute atomic E-state index is 12.9. The summed E-state index contributed by atoms with van der Waals surface area (Å²) in [5.74, 6) is -1.62. The van der Waals surface area contributed by atoms with Crippen molar-refractivity contribution in [2.45, 2.75) is 73.0 Å². The van der Waals surface area contributed by atoms with Crippen LogP contribution in [0.1, 0.15) is 85.4 Å². The molecule has 0 saturated carbocycles. The largest absolute Gasteiger partial charge is 0.421 e. The van der Waals surface area contributed by atoms with E-state index in [1.54, 1.807) is 6.92 Å². The average molecular weight is 443 g/mol. The Labute approximate surface area is 197 Å². The number of aryl methyl sites for hydroxylation is 3. The van der Waals surface area contributed by atoms with Crippen LogP contribution in [0.25, 0.3) is 16.7 Å². The normalized spacial score (nSPS) is 18.7. The Morgan fingerprint density at radius 1 is 0.758 bits per heavy atom. The van der Waals surface area contributed by atoms with E-state index in [1.165, 1.54) is 5.56 Å². The van der Waals surface area contributed by atoms with Crippen LogP contribution in [0.5, 0.6) is 0 Å². The molecule has 2 aliphatic carbocycles. The summed E-state index contributed by atoms with van der Waals surface area (Å²) in [4.78, 5) is 12.9. The van der Waals surface area contributed by atoms with E-state index >= 15 is 0 Å². The Kier molecular flexibility index (Phi) is 5.74. The molecule has 0 aromatic heterocycles. The molecule has 0 spiro atoms. The van der Waals surface area contributed by atoms with E-state index in [0.717, 1.165) is 38.9 Å². The Morgan fingerprint density at radius 3 is 1.94 bits per heavy atom. The molecular weight excluding hydrogens is 408 g/mol. The lowest BCUT2D eigenvalue weighted by Gasteiger charge is -2.28. The van der Waals surface area contributed by atoms with Crippen LogP contribution in [-0.4, -0.2) is 11.1 Å². The van der Waals surface area contributed by atoms with E-state index in [9.17, 15) is 9.90 Å². The molecule has 0 fully saturated rings. The molecule has 1 unspecified atom stereocenters. The van der Waals surface area contributed by atoms with Gasteiger partial charge in [0.25, 0.3) is 5.79 Å². The molecule has 3 heteroatoms. The number of carbonyl (C=O) groups excluding carboxylic acids is 1. The molecule has 1 N–H and O–H groups in total. The zero-order valence-electron chi connectivity index (χ0n) is 21.0. The van der Waals surface area contributed by atoms with Crippen LogP contribution in [0, 0.1) is 20.8 Å². The van der Waals surface area contributed by atoms with Crippen LogP contribution >= 0.6 is 0 Å². The van der Waals surface area contributed by atoms with Crippen molar-refractivity contribution in [1.82, 2.24) is 0 Å². The number of benzene rings is 1. The lowest BCUT2D eigenvalue weighted by Crippen LogP contribution is -2.29. The van der Waals surface area contributed by atoms with Crippen molar-refractivity contribution < 1.29 is 14.6 Å². The third-order valence-corrected chi connectivity index (χ3v) is 7.05. The minimum absolute atomic E-state index is 0.288. The van der Waals surface area contributed by atoms with Gasteiger partial charge >= 0.3 is 5.97 Å². The monoisotopic (exact) mass is 442 g/mol. The Hall–Kier alpha value is -2.91. The average Bonchev–Trinajstić information content (AvgIpc) is 3.08. The van der Waals surface area contributed by atoms with Gasteiger partial charge in [-0.3, -0.25) is 0 Å². The SMILES string of the molecule is CC1=C(c2cc(C)c3cc(C(C)C)ccc(C)c2-3)C(O)(c2cc(C(C)C)ccc2C)OC1=O. The first-order chi connectivity index (χ1) is 15.5. The molecule has 1 aromatic rings. The smallest absolute Gasteiger partial charge is 0.337 e. The van der Waals surface area contributed by atoms with Crippen molar-refractivity contribution in [2.24, 2.45) is 0 Å². The first-order valence-electron chi connectivity index (χ1n) is 11.8. The lowest BCUT2D eigenvalue weighted by molar-refractivity contribution is -0.179. The van der Waals surface area contributed by atoms with Gasteiger partial charge in [-0.1, -0.05) is 64.1 Å². The van der Waals surface area contributed by atoms with Gasteiger partial charge in [-0.15, -0.1) is 0 Å². The third kappa shape index (κ3) is 3.69. The highest BCUT2D eigenvalue weighted by atomic mass is 16.7. The van der Waals surface area contributed by atoms with Crippen LogP contribution in [0.15, 0.2) is 48.0 Å². The van der Waals surface area contributed by atoms with Gasteiger partial charge in [0.15, 0.2) is 0 Å². The van der Waals surface area contributed by atoms with E-state index in [0.29, 0.717) is 22.6 Å². The third-order valence-electron chi connectivity index (χ3n) is 7.05. The van der Waals surface area contributed by atoms with Gasteiger partial charge in [0.1, 0.15) is 0 Å². The van der Waals surface area contributed by atoms with Crippen molar-refractivity contribution in [3.8, 4) is 11.1 Å². The number of cyclic esters (lactones) is 1. The summed E-state index contributed by atoms with van der Waals surface area (Å²) in [6.07, 6.45) is 0. The molecule has 1 aliphatic heterocycles. The summed E-state index contributed by atoms with van der Waals surface area (Å²) in [5, 5.41) is 12.1. The standard InChI is InChI=1S/C30H34O3/c1-16(2)22-12-10-19(6)27-24(14-22)20(7)13-25(27)28-21(8)29(31)33-30(28,32)26-15-23(17(3)4)11-9-18(26)5/h9-17,32H,1-8H3. The van der Waals surface area contributed by atoms with Crippen LogP contribution in [0.3, 0.4) is 0 Å². The molecule has 3 nitrogen and oxygen atoms in total. The highest BCUT2D eigenvalue weighted by Gasteiger charge is 2.49. The van der Waals surface area contributed by atoms with Crippen LogP contribution in [-0.2, 0) is 15.3 Å². The number of carbonyl (C=O) groups is 1. The molecule has 172 valence electrons. The number of aliphatic hydroxyl groups is 1. The van der Waals surface area contributed by atoms with Crippen molar-refractivity contribution in [3.63, 3.8) is 0 Å². The summed E-state index contributed by atoms with van der Waals surface area (Å²) >= 11 is 0. The summed E-state index contributed by atoms with van der Waals surface area (Å²) < 4.78 is 5.76. The van der Waals surface area contributed by atoms with E-state index < -0.39 is 11.8 Å². The number of hydrogen-bond donors (Lipinski definition) is 1. The number of hydrogen-bond acceptors (Lipinski definition) is 3. The van der Waals surface area contributed by atoms with Crippen LogP contribution in [0.4, 0.5) is 0 Å². The summed E-state index contributed by atoms with van der Waals surface area (Å²) in [6.45, 7) is 16.5. The van der Waals surface area contributed by atoms with E-state index in [1.807, 2.05) is 19.1 Å². The van der Waals surface area contributed by atoms with Crippen molar-refractivity contribution >= 4 is 11.5 Å². The van der Waals surface area contributed by atoms with E-state index in [2.05, 4.69) is 71.9 Å². The second kappa shape index (κ2) is 8.14. The highest BCUT2D eigenvalue weighted by molar-refractivity contribution is 6.06. The minimum Gasteiger partial charge on any atom is -0.421 e. The highest BCUT2D eigenvalue weighted by Crippen LogP contribution is 2.51. The molecule has 3 aliphatic rings. The molecular formula is C30H34O3. The van der Waals surface area contributed by atoms with Gasteiger partial charge in [-0.05, 0) is 90.1 Å². The van der Waals surface area contributed by atoms with Gasteiger partial charge in [0.05, 0.1) is 0 Å². The fourth-order valence-electron chi connectivity index (χ4n) is 4.95. The van der Waals surface area contributed by atoms with Gasteiger partial charge < -0.3 is 9.84 Å². The molecule has 1 atom stereocenters. The number of ether oxygens (including phenoxy) is 1. The van der Waals surface area contributed by atoms with Crippen molar-refractivity contribution in [1.29, 1.82) is 0 Å². The molecule has 1 aromatic carbocycles. The quantitative estimate of drug-likeness (QED) is 0.437. The predicted molar refractivity (Wildman–Crippen MR) is 134 cm³/mol. The topological polar surface area (TPSA) is 46.5 Å². The molecule has 0 radical (unpaired) electrons. The van der Waals surface area contributed by atoms with Gasteiger partial charge in [-0.25, -0.2) is 4.79 Å². The zero-order chi connectivity index (χ0) is 24.2. The number of esters is 1. The Bertz CT molecular complexity index is 1260. The van der Waals surface area contributed by atoms with Gasteiger partial charge in [-0.2, -0.15) is 0 Å². The van der Waals surface area contributed by atoms with Crippen LogP contribution in [0.2, 0.25) is 0 Å². The first kappa shape index (κ1) is 23.3. The fraction of sp³-hybridized carbons (Fsp3) is 0.367. The van der Waals surface area contributed by atoms with E-state index in [4.69, 9.17) is 4.74 Å². The summed E-state index contributed by atoms with van der Waals surface area (Å²) in [7, 11) is 0. The van der Waals surface area contributed by atoms with Gasteiger partial charge in [0, 0.05) is 16.7 Å². The molecule has 0 bridgehead atoms. The summed E-state index contributed by atoms with van der Waals surface area (Å²) in [5.41, 5.74) is 10.2. The van der Waals surface area contributed by atoms with E-state index in [-0.39, 0.29) is 5.92 Å². The van der Waals surface area contributed by atoms with Gasteiger partial charge in [0.2, 0.25) is 0 Å². The summed E-state index contributed by atoms with van der Waals surface area (Å²) in [6, 6.07) is 14.7. The van der Waals surface area contributed by atoms with Crippen molar-refractivity contribution in [3.05, 3.63) is 87.0 Å². The second-order valence-corrected chi connectivity index (χ2v) is 10.1. The predicted octanol–water partition coefficient (Wildman–Crippen LogP) is 7.14. The molecule has 0 amide bonds. The Morgan fingerprint density at radius 2 is 1.33 bits per heavy atom. The lowest BCUT2D eigenvalue weighted by atomic mass is 9.85. The maximum atomic E-state index is 12.9. The van der Waals surface area contributed by atoms with Crippen molar-refractivity contribution in [2.75, 3.05) is 0 Å². The zero-order valence-corrected chi connectivity index (χ0v) is 21.0.